The number of aliphatic imine (C=N–C) groups is 1. The molecule has 132 valence electrons. The third-order valence-corrected chi connectivity index (χ3v) is 3.90. The van der Waals surface area contributed by atoms with Crippen LogP contribution in [0.4, 0.5) is 9.59 Å². The van der Waals surface area contributed by atoms with Crippen molar-refractivity contribution in [2.45, 2.75) is 57.9 Å². The Balaban J connectivity index is 2.68. The number of ether oxygens (including phenoxy) is 1. The van der Waals surface area contributed by atoms with Gasteiger partial charge >= 0.3 is 12.1 Å². The highest BCUT2D eigenvalue weighted by Gasteiger charge is 2.21. The van der Waals surface area contributed by atoms with Crippen molar-refractivity contribution in [2.24, 2.45) is 4.99 Å². The molecule has 0 heterocycles. The number of nitrogens with one attached hydrogen (secondary N) is 1. The van der Waals surface area contributed by atoms with E-state index in [1.165, 1.54) is 24.2 Å². The van der Waals surface area contributed by atoms with Crippen LogP contribution in [0.1, 0.15) is 51.9 Å². The van der Waals surface area contributed by atoms with Crippen molar-refractivity contribution in [3.63, 3.8) is 0 Å². The monoisotopic (exact) mass is 326 g/mol. The lowest BCUT2D eigenvalue weighted by Gasteiger charge is -2.28. The number of urea groups is 1. The number of carbonyl (C=O) groups is 2. The molecule has 1 N–H and O–H groups in total. The fraction of sp³-hybridized carbons (Fsp3) is 0.812. The van der Waals surface area contributed by atoms with Crippen LogP contribution in [0, 0.1) is 0 Å². The summed E-state index contributed by atoms with van der Waals surface area (Å²) in [6.07, 6.45) is 7.36. The summed E-state index contributed by atoms with van der Waals surface area (Å²) in [5.74, 6) is 0.256. The van der Waals surface area contributed by atoms with Crippen molar-refractivity contribution in [1.82, 2.24) is 15.1 Å². The van der Waals surface area contributed by atoms with Gasteiger partial charge in [0.2, 0.25) is 5.96 Å². The summed E-state index contributed by atoms with van der Waals surface area (Å²) in [4.78, 5) is 30.9. The highest BCUT2D eigenvalue weighted by molar-refractivity contribution is 5.99. The van der Waals surface area contributed by atoms with Crippen LogP contribution < -0.4 is 5.32 Å². The molecule has 0 aliphatic heterocycles. The molecule has 1 rings (SSSR count). The maximum atomic E-state index is 12.4. The van der Waals surface area contributed by atoms with Crippen molar-refractivity contribution in [3.8, 4) is 0 Å². The van der Waals surface area contributed by atoms with E-state index in [2.05, 4.69) is 10.3 Å². The van der Waals surface area contributed by atoms with Crippen molar-refractivity contribution in [1.29, 1.82) is 0 Å². The van der Waals surface area contributed by atoms with E-state index in [9.17, 15) is 9.59 Å². The van der Waals surface area contributed by atoms with Crippen molar-refractivity contribution in [2.75, 3.05) is 27.7 Å². The lowest BCUT2D eigenvalue weighted by Crippen LogP contribution is -2.49. The van der Waals surface area contributed by atoms with E-state index in [-0.39, 0.29) is 24.6 Å². The zero-order chi connectivity index (χ0) is 17.2. The second-order valence-corrected chi connectivity index (χ2v) is 6.06. The fourth-order valence-electron chi connectivity index (χ4n) is 2.68. The maximum Gasteiger partial charge on any atom is 0.436 e. The normalized spacial score (nSPS) is 17.0. The molecule has 0 aromatic heterocycles. The van der Waals surface area contributed by atoms with E-state index in [4.69, 9.17) is 4.74 Å². The summed E-state index contributed by atoms with van der Waals surface area (Å²) in [5, 5.41) is 3.05. The van der Waals surface area contributed by atoms with E-state index >= 15 is 0 Å². The largest absolute Gasteiger partial charge is 0.448 e. The average Bonchev–Trinajstić information content (AvgIpc) is 2.46. The molecule has 0 atom stereocenters. The molecule has 0 saturated heterocycles. The fourth-order valence-corrected chi connectivity index (χ4v) is 2.68. The van der Waals surface area contributed by atoms with Crippen LogP contribution in [0.3, 0.4) is 0 Å². The minimum atomic E-state index is -0.693. The smallest absolute Gasteiger partial charge is 0.436 e. The lowest BCUT2D eigenvalue weighted by molar-refractivity contribution is 0.162. The quantitative estimate of drug-likeness (QED) is 0.625. The van der Waals surface area contributed by atoms with E-state index in [1.807, 2.05) is 0 Å². The van der Waals surface area contributed by atoms with Gasteiger partial charge in [0.05, 0.1) is 6.61 Å². The SMILES string of the molecule is CCOC(=O)N=C(N(C)C)N(C)C(=O)NC1CCCCCCC1. The number of guanidine groups is 1. The van der Waals surface area contributed by atoms with Crippen LogP contribution in [-0.2, 0) is 4.74 Å². The minimum absolute atomic E-state index is 0.191. The number of amides is 3. The zero-order valence-electron chi connectivity index (χ0n) is 14.8. The topological polar surface area (TPSA) is 74.2 Å². The molecule has 1 aliphatic rings. The molecule has 7 nitrogen and oxygen atoms in total. The van der Waals surface area contributed by atoms with E-state index in [0.29, 0.717) is 0 Å². The van der Waals surface area contributed by atoms with Gasteiger partial charge in [-0.1, -0.05) is 32.1 Å². The molecule has 1 aliphatic carbocycles. The zero-order valence-corrected chi connectivity index (χ0v) is 14.8. The number of carbonyl (C=O) groups excluding carboxylic acids is 2. The highest BCUT2D eigenvalue weighted by Crippen LogP contribution is 2.17. The molecule has 0 spiro atoms. The van der Waals surface area contributed by atoms with Gasteiger partial charge in [-0.25, -0.2) is 9.59 Å². The molecular formula is C16H30N4O3. The van der Waals surface area contributed by atoms with Gasteiger partial charge < -0.3 is 15.0 Å². The minimum Gasteiger partial charge on any atom is -0.448 e. The first kappa shape index (κ1) is 19.3. The Kier molecular flexibility index (Phi) is 8.43. The number of hydrogen-bond donors (Lipinski definition) is 1. The third-order valence-electron chi connectivity index (χ3n) is 3.90. The first-order valence-corrected chi connectivity index (χ1v) is 8.42. The first-order chi connectivity index (χ1) is 11.0. The van der Waals surface area contributed by atoms with E-state index < -0.39 is 6.09 Å². The highest BCUT2D eigenvalue weighted by atomic mass is 16.5. The number of hydrogen-bond acceptors (Lipinski definition) is 3. The van der Waals surface area contributed by atoms with Gasteiger partial charge in [-0.3, -0.25) is 4.90 Å². The van der Waals surface area contributed by atoms with Gasteiger partial charge in [0, 0.05) is 27.2 Å². The molecule has 0 radical (unpaired) electrons. The Morgan fingerprint density at radius 1 is 1.09 bits per heavy atom. The Morgan fingerprint density at radius 2 is 1.65 bits per heavy atom. The first-order valence-electron chi connectivity index (χ1n) is 8.42. The van der Waals surface area contributed by atoms with Crippen LogP contribution in [0.15, 0.2) is 4.99 Å². The second-order valence-electron chi connectivity index (χ2n) is 6.06. The third kappa shape index (κ3) is 6.88. The molecule has 0 unspecified atom stereocenters. The van der Waals surface area contributed by atoms with Gasteiger partial charge in [0.1, 0.15) is 0 Å². The summed E-state index contributed by atoms with van der Waals surface area (Å²) in [6.45, 7) is 1.97. The van der Waals surface area contributed by atoms with Crippen molar-refractivity contribution < 1.29 is 14.3 Å². The lowest BCUT2D eigenvalue weighted by atomic mass is 9.97. The molecule has 1 fully saturated rings. The molecule has 7 heteroatoms. The van der Waals surface area contributed by atoms with Crippen LogP contribution in [0.25, 0.3) is 0 Å². The summed E-state index contributed by atoms with van der Waals surface area (Å²) in [6, 6.07) is -0.0522. The van der Waals surface area contributed by atoms with Gasteiger partial charge in [-0.2, -0.15) is 0 Å². The number of rotatable bonds is 2. The second kappa shape index (κ2) is 10.1. The average molecular weight is 326 g/mol. The predicted molar refractivity (Wildman–Crippen MR) is 90.5 cm³/mol. The van der Waals surface area contributed by atoms with Gasteiger partial charge in [0.15, 0.2) is 0 Å². The van der Waals surface area contributed by atoms with Crippen molar-refractivity contribution >= 4 is 18.1 Å². The van der Waals surface area contributed by atoms with Crippen LogP contribution in [-0.4, -0.2) is 61.7 Å². The number of nitrogens with zero attached hydrogens (tertiary/aromatic N) is 3. The Hall–Kier alpha value is -1.79. The maximum absolute atomic E-state index is 12.4. The Bertz CT molecular complexity index is 416. The molecule has 0 aromatic carbocycles. The van der Waals surface area contributed by atoms with Crippen molar-refractivity contribution in [3.05, 3.63) is 0 Å². The molecule has 1 saturated carbocycles. The summed E-state index contributed by atoms with van der Waals surface area (Å²) >= 11 is 0. The standard InChI is InChI=1S/C16H30N4O3/c1-5-23-16(22)18-14(19(2)3)20(4)15(21)17-13-11-9-7-6-8-10-12-13/h13H,5-12H2,1-4H3,(H,17,21). The summed E-state index contributed by atoms with van der Waals surface area (Å²) < 4.78 is 4.82. The van der Waals surface area contributed by atoms with Crippen LogP contribution >= 0.6 is 0 Å². The Labute approximate surface area is 139 Å². The molecule has 23 heavy (non-hydrogen) atoms. The van der Waals surface area contributed by atoms with Gasteiger partial charge in [-0.05, 0) is 19.8 Å². The molecule has 3 amide bonds. The van der Waals surface area contributed by atoms with E-state index in [1.54, 1.807) is 33.0 Å². The van der Waals surface area contributed by atoms with Gasteiger partial charge in [-0.15, -0.1) is 4.99 Å². The molecule has 0 aromatic rings. The summed E-state index contributed by atoms with van der Waals surface area (Å²) in [5.41, 5.74) is 0. The van der Waals surface area contributed by atoms with Gasteiger partial charge in [0.25, 0.3) is 0 Å². The Morgan fingerprint density at radius 3 is 2.17 bits per heavy atom. The van der Waals surface area contributed by atoms with Crippen LogP contribution in [0.5, 0.6) is 0 Å². The molecule has 0 bridgehead atoms. The molecular weight excluding hydrogens is 296 g/mol. The van der Waals surface area contributed by atoms with Crippen LogP contribution in [0.2, 0.25) is 0 Å². The summed E-state index contributed by atoms with van der Waals surface area (Å²) in [7, 11) is 5.08. The predicted octanol–water partition coefficient (Wildman–Crippen LogP) is 2.81. The van der Waals surface area contributed by atoms with E-state index in [0.717, 1.165) is 25.7 Å².